The van der Waals surface area contributed by atoms with Gasteiger partial charge in [0.05, 0.1) is 0 Å². The van der Waals surface area contributed by atoms with Gasteiger partial charge in [-0.3, -0.25) is 4.72 Å². The molecule has 2 rings (SSSR count). The van der Waals surface area contributed by atoms with Gasteiger partial charge in [-0.2, -0.15) is 0 Å². The van der Waals surface area contributed by atoms with Crippen LogP contribution in [0.25, 0.3) is 0 Å². The largest absolute Gasteiger partial charge is 0.351 e. The highest BCUT2D eigenvalue weighted by Gasteiger charge is 2.14. The molecule has 0 fully saturated rings. The third kappa shape index (κ3) is 4.07. The summed E-state index contributed by atoms with van der Waals surface area (Å²) in [6.45, 7) is 0. The molecule has 0 aliphatic heterocycles. The molecular weight excluding hydrogens is 316 g/mol. The molecule has 7 nitrogen and oxygen atoms in total. The first-order chi connectivity index (χ1) is 9.87. The average molecular weight is 327 g/mol. The normalized spacial score (nSPS) is 10.9. The summed E-state index contributed by atoms with van der Waals surface area (Å²) in [6, 6.07) is 8.05. The molecule has 0 saturated carbocycles. The van der Waals surface area contributed by atoms with E-state index in [0.717, 1.165) is 6.20 Å². The van der Waals surface area contributed by atoms with Crippen LogP contribution in [0.2, 0.25) is 5.15 Å². The smallest absolute Gasteiger partial charge is 0.316 e. The van der Waals surface area contributed by atoms with Crippen molar-refractivity contribution in [1.82, 2.24) is 4.98 Å². The van der Waals surface area contributed by atoms with Gasteiger partial charge in [0, 0.05) is 17.6 Å². The number of hydrogen-bond donors (Lipinski definition) is 3. The number of hydrogen-bond acceptors (Lipinski definition) is 4. The molecule has 0 aliphatic carbocycles. The highest BCUT2D eigenvalue weighted by atomic mass is 35.5. The molecule has 0 radical (unpaired) electrons. The van der Waals surface area contributed by atoms with Crippen molar-refractivity contribution in [3.05, 3.63) is 47.7 Å². The van der Waals surface area contributed by atoms with Gasteiger partial charge in [0.25, 0.3) is 10.0 Å². The highest BCUT2D eigenvalue weighted by Crippen LogP contribution is 2.18. The number of aromatic nitrogens is 1. The number of benzene rings is 1. The van der Waals surface area contributed by atoms with Crippen LogP contribution < -0.4 is 15.8 Å². The molecule has 0 unspecified atom stereocenters. The second kappa shape index (κ2) is 5.98. The van der Waals surface area contributed by atoms with Gasteiger partial charge in [-0.05, 0) is 36.4 Å². The SMILES string of the molecule is NC(=O)Nc1ccc(NS(=O)(=O)c2ccc(Cl)nc2)cc1. The number of halogens is 1. The molecule has 4 N–H and O–H groups in total. The van der Waals surface area contributed by atoms with Crippen LogP contribution >= 0.6 is 11.6 Å². The Balaban J connectivity index is 2.16. The van der Waals surface area contributed by atoms with Crippen LogP contribution in [-0.2, 0) is 10.0 Å². The van der Waals surface area contributed by atoms with E-state index >= 15 is 0 Å². The van der Waals surface area contributed by atoms with E-state index in [1.54, 1.807) is 0 Å². The Labute approximate surface area is 126 Å². The zero-order valence-corrected chi connectivity index (χ0v) is 12.1. The van der Waals surface area contributed by atoms with Crippen molar-refractivity contribution in [2.24, 2.45) is 5.73 Å². The Hall–Kier alpha value is -2.32. The lowest BCUT2D eigenvalue weighted by Gasteiger charge is -2.08. The number of anilines is 2. The lowest BCUT2D eigenvalue weighted by atomic mass is 10.3. The summed E-state index contributed by atoms with van der Waals surface area (Å²) in [6.07, 6.45) is 1.16. The molecule has 1 aromatic carbocycles. The van der Waals surface area contributed by atoms with Crippen LogP contribution in [0.4, 0.5) is 16.2 Å². The highest BCUT2D eigenvalue weighted by molar-refractivity contribution is 7.92. The van der Waals surface area contributed by atoms with E-state index in [0.29, 0.717) is 11.4 Å². The Morgan fingerprint density at radius 3 is 2.24 bits per heavy atom. The van der Waals surface area contributed by atoms with Gasteiger partial charge in [-0.25, -0.2) is 18.2 Å². The molecule has 21 heavy (non-hydrogen) atoms. The minimum absolute atomic E-state index is 0.00811. The summed E-state index contributed by atoms with van der Waals surface area (Å²) >= 11 is 5.61. The summed E-state index contributed by atoms with van der Waals surface area (Å²) in [5.41, 5.74) is 5.76. The number of primary amides is 1. The van der Waals surface area contributed by atoms with E-state index in [9.17, 15) is 13.2 Å². The number of pyridine rings is 1. The maximum Gasteiger partial charge on any atom is 0.316 e. The van der Waals surface area contributed by atoms with Gasteiger partial charge < -0.3 is 11.1 Å². The third-order valence-corrected chi connectivity index (χ3v) is 4.01. The van der Waals surface area contributed by atoms with Crippen molar-refractivity contribution in [2.45, 2.75) is 4.90 Å². The number of urea groups is 1. The monoisotopic (exact) mass is 326 g/mol. The number of nitrogens with zero attached hydrogens (tertiary/aromatic N) is 1. The van der Waals surface area contributed by atoms with Crippen LogP contribution in [0.5, 0.6) is 0 Å². The number of nitrogens with two attached hydrogens (primary N) is 1. The molecule has 1 aromatic heterocycles. The van der Waals surface area contributed by atoms with Crippen molar-refractivity contribution < 1.29 is 13.2 Å². The molecule has 2 amide bonds. The molecule has 1 heterocycles. The van der Waals surface area contributed by atoms with E-state index in [1.165, 1.54) is 36.4 Å². The zero-order chi connectivity index (χ0) is 15.5. The summed E-state index contributed by atoms with van der Waals surface area (Å²) in [7, 11) is -3.75. The zero-order valence-electron chi connectivity index (χ0n) is 10.6. The quantitative estimate of drug-likeness (QED) is 0.746. The van der Waals surface area contributed by atoms with Crippen LogP contribution in [0.3, 0.4) is 0 Å². The Kier molecular flexibility index (Phi) is 4.29. The first kappa shape index (κ1) is 15.1. The van der Waals surface area contributed by atoms with Crippen molar-refractivity contribution >= 4 is 39.0 Å². The minimum Gasteiger partial charge on any atom is -0.351 e. The van der Waals surface area contributed by atoms with Crippen LogP contribution in [-0.4, -0.2) is 19.4 Å². The molecule has 0 aliphatic rings. The average Bonchev–Trinajstić information content (AvgIpc) is 2.40. The first-order valence-electron chi connectivity index (χ1n) is 5.68. The van der Waals surface area contributed by atoms with Gasteiger partial charge >= 0.3 is 6.03 Å². The standard InChI is InChI=1S/C12H11ClN4O3S/c13-11-6-5-10(7-15-11)21(19,20)17-9-3-1-8(2-4-9)16-12(14)18/h1-7,17H,(H3,14,16,18). The van der Waals surface area contributed by atoms with Crippen molar-refractivity contribution in [3.8, 4) is 0 Å². The van der Waals surface area contributed by atoms with E-state index in [4.69, 9.17) is 17.3 Å². The molecule has 110 valence electrons. The molecule has 0 spiro atoms. The molecule has 2 aromatic rings. The Morgan fingerprint density at radius 1 is 1.10 bits per heavy atom. The summed E-state index contributed by atoms with van der Waals surface area (Å²) < 4.78 is 26.6. The van der Waals surface area contributed by atoms with Crippen molar-refractivity contribution in [3.63, 3.8) is 0 Å². The number of amides is 2. The molecule has 0 atom stereocenters. The second-order valence-electron chi connectivity index (χ2n) is 3.99. The van der Waals surface area contributed by atoms with E-state index in [1.807, 2.05) is 0 Å². The minimum atomic E-state index is -3.75. The first-order valence-corrected chi connectivity index (χ1v) is 7.54. The van der Waals surface area contributed by atoms with Crippen LogP contribution in [0.15, 0.2) is 47.5 Å². The van der Waals surface area contributed by atoms with Gasteiger partial charge in [-0.1, -0.05) is 11.6 Å². The molecule has 0 saturated heterocycles. The fourth-order valence-electron chi connectivity index (χ4n) is 1.50. The number of nitrogens with one attached hydrogen (secondary N) is 2. The second-order valence-corrected chi connectivity index (χ2v) is 6.06. The van der Waals surface area contributed by atoms with Crippen molar-refractivity contribution in [1.29, 1.82) is 0 Å². The van der Waals surface area contributed by atoms with Crippen molar-refractivity contribution in [2.75, 3.05) is 10.0 Å². The maximum absolute atomic E-state index is 12.1. The summed E-state index contributed by atoms with van der Waals surface area (Å²) in [4.78, 5) is 14.4. The molecular formula is C12H11ClN4O3S. The van der Waals surface area contributed by atoms with Crippen LogP contribution in [0.1, 0.15) is 0 Å². The maximum atomic E-state index is 12.1. The fourth-order valence-corrected chi connectivity index (χ4v) is 2.61. The Bertz CT molecular complexity index is 745. The van der Waals surface area contributed by atoms with E-state index < -0.39 is 16.1 Å². The summed E-state index contributed by atoms with van der Waals surface area (Å²) in [5.74, 6) is 0. The lowest BCUT2D eigenvalue weighted by Crippen LogP contribution is -2.19. The van der Waals surface area contributed by atoms with E-state index in [-0.39, 0.29) is 10.0 Å². The number of carbonyl (C=O) groups is 1. The number of carbonyl (C=O) groups excluding carboxylic acids is 1. The predicted molar refractivity (Wildman–Crippen MR) is 79.7 cm³/mol. The predicted octanol–water partition coefficient (Wildman–Crippen LogP) is 2.03. The van der Waals surface area contributed by atoms with Gasteiger partial charge in [0.2, 0.25) is 0 Å². The van der Waals surface area contributed by atoms with Gasteiger partial charge in [0.15, 0.2) is 0 Å². The Morgan fingerprint density at radius 2 is 1.71 bits per heavy atom. The molecule has 0 bridgehead atoms. The lowest BCUT2D eigenvalue weighted by molar-refractivity contribution is 0.259. The van der Waals surface area contributed by atoms with Gasteiger partial charge in [-0.15, -0.1) is 0 Å². The van der Waals surface area contributed by atoms with Gasteiger partial charge in [0.1, 0.15) is 10.0 Å². The number of rotatable bonds is 4. The third-order valence-electron chi connectivity index (χ3n) is 2.42. The van der Waals surface area contributed by atoms with E-state index in [2.05, 4.69) is 15.0 Å². The summed E-state index contributed by atoms with van der Waals surface area (Å²) in [5, 5.41) is 2.57. The number of sulfonamides is 1. The van der Waals surface area contributed by atoms with Crippen LogP contribution in [0, 0.1) is 0 Å². The molecule has 9 heteroatoms. The topological polar surface area (TPSA) is 114 Å². The fraction of sp³-hybridized carbons (Fsp3) is 0.